The molecule has 0 aliphatic carbocycles. The van der Waals surface area contributed by atoms with Gasteiger partial charge in [0.1, 0.15) is 6.04 Å². The first-order chi connectivity index (χ1) is 11.1. The van der Waals surface area contributed by atoms with Gasteiger partial charge < -0.3 is 9.64 Å². The van der Waals surface area contributed by atoms with E-state index in [9.17, 15) is 9.59 Å². The first-order valence-electron chi connectivity index (χ1n) is 7.69. The zero-order valence-corrected chi connectivity index (χ0v) is 13.2. The van der Waals surface area contributed by atoms with Gasteiger partial charge in [0.2, 0.25) is 6.10 Å². The lowest BCUT2D eigenvalue weighted by Crippen LogP contribution is -2.60. The standard InChI is InChI=1S/C19H19NO3/c1-13(15-9-5-3-6-10-15)20-17(16-11-7-4-8-12-16)18(19(20)22)23-14(2)21/h3-13,17-18H,1-2H3/t13-,17+,18-/m0/s1. The van der Waals surface area contributed by atoms with Crippen LogP contribution in [0.4, 0.5) is 0 Å². The van der Waals surface area contributed by atoms with Gasteiger partial charge in [-0.1, -0.05) is 60.7 Å². The van der Waals surface area contributed by atoms with Gasteiger partial charge in [0.05, 0.1) is 6.04 Å². The lowest BCUT2D eigenvalue weighted by molar-refractivity contribution is -0.186. The van der Waals surface area contributed by atoms with Gasteiger partial charge in [0.15, 0.2) is 0 Å². The Balaban J connectivity index is 1.92. The summed E-state index contributed by atoms with van der Waals surface area (Å²) in [7, 11) is 0. The molecular weight excluding hydrogens is 290 g/mol. The van der Waals surface area contributed by atoms with Crippen molar-refractivity contribution in [2.45, 2.75) is 32.0 Å². The maximum Gasteiger partial charge on any atom is 0.303 e. The van der Waals surface area contributed by atoms with Gasteiger partial charge in [-0.2, -0.15) is 0 Å². The fraction of sp³-hybridized carbons (Fsp3) is 0.263. The second-order valence-electron chi connectivity index (χ2n) is 5.72. The van der Waals surface area contributed by atoms with E-state index in [4.69, 9.17) is 4.74 Å². The number of carbonyl (C=O) groups is 2. The van der Waals surface area contributed by atoms with Crippen LogP contribution in [-0.2, 0) is 14.3 Å². The predicted molar refractivity (Wildman–Crippen MR) is 86.4 cm³/mol. The number of hydrogen-bond donors (Lipinski definition) is 0. The second kappa shape index (κ2) is 6.24. The van der Waals surface area contributed by atoms with E-state index in [-0.39, 0.29) is 18.0 Å². The summed E-state index contributed by atoms with van der Waals surface area (Å²) in [5.41, 5.74) is 2.03. The number of likely N-dealkylation sites (tertiary alicyclic amines) is 1. The van der Waals surface area contributed by atoms with Crippen LogP contribution in [0.1, 0.15) is 37.1 Å². The zero-order chi connectivity index (χ0) is 16.4. The van der Waals surface area contributed by atoms with Crippen molar-refractivity contribution in [3.05, 3.63) is 71.8 Å². The summed E-state index contributed by atoms with van der Waals surface area (Å²) in [5, 5.41) is 0. The van der Waals surface area contributed by atoms with Gasteiger partial charge in [-0.05, 0) is 18.1 Å². The first-order valence-corrected chi connectivity index (χ1v) is 7.69. The monoisotopic (exact) mass is 309 g/mol. The SMILES string of the molecule is CC(=O)O[C@@H]1C(=O)N([C@@H](C)c2ccccc2)[C@@H]1c1ccccc1. The minimum atomic E-state index is -0.735. The molecule has 4 nitrogen and oxygen atoms in total. The third-order valence-electron chi connectivity index (χ3n) is 4.22. The lowest BCUT2D eigenvalue weighted by atomic mass is 9.87. The number of β-lactam (4-membered cyclic amide) rings is 1. The molecule has 2 aromatic carbocycles. The molecule has 1 saturated heterocycles. The van der Waals surface area contributed by atoms with Gasteiger partial charge in [-0.15, -0.1) is 0 Å². The molecule has 0 N–H and O–H groups in total. The highest BCUT2D eigenvalue weighted by atomic mass is 16.6. The number of benzene rings is 2. The molecule has 3 atom stereocenters. The van der Waals surface area contributed by atoms with Gasteiger partial charge >= 0.3 is 5.97 Å². The molecule has 0 spiro atoms. The van der Waals surface area contributed by atoms with Crippen molar-refractivity contribution < 1.29 is 14.3 Å². The number of rotatable bonds is 4. The van der Waals surface area contributed by atoms with Crippen LogP contribution in [0.5, 0.6) is 0 Å². The summed E-state index contributed by atoms with van der Waals surface area (Å²) in [4.78, 5) is 25.7. The summed E-state index contributed by atoms with van der Waals surface area (Å²) in [5.74, 6) is -0.582. The summed E-state index contributed by atoms with van der Waals surface area (Å²) < 4.78 is 5.25. The highest BCUT2D eigenvalue weighted by molar-refractivity contribution is 5.91. The summed E-state index contributed by atoms with van der Waals surface area (Å²) >= 11 is 0. The Morgan fingerprint density at radius 2 is 1.61 bits per heavy atom. The van der Waals surface area contributed by atoms with E-state index in [1.807, 2.05) is 67.6 Å². The van der Waals surface area contributed by atoms with Gasteiger partial charge in [-0.3, -0.25) is 9.59 Å². The van der Waals surface area contributed by atoms with E-state index < -0.39 is 12.1 Å². The third kappa shape index (κ3) is 2.84. The van der Waals surface area contributed by atoms with Gasteiger partial charge in [-0.25, -0.2) is 0 Å². The molecule has 1 fully saturated rings. The fourth-order valence-corrected chi connectivity index (χ4v) is 3.09. The Kier molecular flexibility index (Phi) is 4.15. The average molecular weight is 309 g/mol. The Morgan fingerprint density at radius 1 is 1.04 bits per heavy atom. The van der Waals surface area contributed by atoms with Crippen LogP contribution < -0.4 is 0 Å². The first kappa shape index (κ1) is 15.3. The number of ether oxygens (including phenoxy) is 1. The van der Waals surface area contributed by atoms with Crippen molar-refractivity contribution in [2.24, 2.45) is 0 Å². The molecule has 0 unspecified atom stereocenters. The van der Waals surface area contributed by atoms with Crippen LogP contribution >= 0.6 is 0 Å². The van der Waals surface area contributed by atoms with Crippen molar-refractivity contribution in [2.75, 3.05) is 0 Å². The number of hydrogen-bond acceptors (Lipinski definition) is 3. The molecule has 0 radical (unpaired) electrons. The van der Waals surface area contributed by atoms with Crippen molar-refractivity contribution in [3.8, 4) is 0 Å². The number of esters is 1. The molecule has 1 aliphatic heterocycles. The average Bonchev–Trinajstić information content (AvgIpc) is 2.58. The Bertz CT molecular complexity index is 699. The van der Waals surface area contributed by atoms with Crippen LogP contribution in [-0.4, -0.2) is 22.9 Å². The van der Waals surface area contributed by atoms with Crippen molar-refractivity contribution in [3.63, 3.8) is 0 Å². The number of amides is 1. The smallest absolute Gasteiger partial charge is 0.303 e. The summed E-state index contributed by atoms with van der Waals surface area (Å²) in [6.07, 6.45) is -0.735. The second-order valence-corrected chi connectivity index (χ2v) is 5.72. The maximum absolute atomic E-state index is 12.5. The normalized spacial score (nSPS) is 21.5. The van der Waals surface area contributed by atoms with Gasteiger partial charge in [0.25, 0.3) is 5.91 Å². The Hall–Kier alpha value is -2.62. The number of carbonyl (C=O) groups excluding carboxylic acids is 2. The zero-order valence-electron chi connectivity index (χ0n) is 13.2. The lowest BCUT2D eigenvalue weighted by Gasteiger charge is -2.49. The third-order valence-corrected chi connectivity index (χ3v) is 4.22. The molecular formula is C19H19NO3. The quantitative estimate of drug-likeness (QED) is 0.643. The molecule has 2 aromatic rings. The minimum Gasteiger partial charge on any atom is -0.450 e. The summed E-state index contributed by atoms with van der Waals surface area (Å²) in [6.45, 7) is 3.33. The van der Waals surface area contributed by atoms with E-state index >= 15 is 0 Å². The Labute approximate surface area is 135 Å². The fourth-order valence-electron chi connectivity index (χ4n) is 3.09. The Morgan fingerprint density at radius 3 is 2.17 bits per heavy atom. The summed E-state index contributed by atoms with van der Waals surface area (Å²) in [6, 6.07) is 19.2. The van der Waals surface area contributed by atoms with Crippen LogP contribution in [0, 0.1) is 0 Å². The molecule has 23 heavy (non-hydrogen) atoms. The number of nitrogens with zero attached hydrogens (tertiary/aromatic N) is 1. The minimum absolute atomic E-state index is 0.0827. The molecule has 118 valence electrons. The molecule has 3 rings (SSSR count). The molecule has 1 aliphatic rings. The maximum atomic E-state index is 12.5. The topological polar surface area (TPSA) is 46.6 Å². The largest absolute Gasteiger partial charge is 0.450 e. The highest BCUT2D eigenvalue weighted by Gasteiger charge is 2.52. The molecule has 1 heterocycles. The molecule has 0 saturated carbocycles. The molecule has 4 heteroatoms. The van der Waals surface area contributed by atoms with E-state index in [2.05, 4.69) is 0 Å². The van der Waals surface area contributed by atoms with E-state index in [0.717, 1.165) is 11.1 Å². The van der Waals surface area contributed by atoms with Crippen molar-refractivity contribution >= 4 is 11.9 Å². The van der Waals surface area contributed by atoms with Crippen LogP contribution in [0.3, 0.4) is 0 Å². The van der Waals surface area contributed by atoms with E-state index in [1.165, 1.54) is 6.92 Å². The van der Waals surface area contributed by atoms with Crippen LogP contribution in [0.15, 0.2) is 60.7 Å². The van der Waals surface area contributed by atoms with Gasteiger partial charge in [0, 0.05) is 6.92 Å². The van der Waals surface area contributed by atoms with Crippen LogP contribution in [0.2, 0.25) is 0 Å². The molecule has 0 aromatic heterocycles. The van der Waals surface area contributed by atoms with E-state index in [0.29, 0.717) is 0 Å². The van der Waals surface area contributed by atoms with Crippen molar-refractivity contribution in [1.82, 2.24) is 4.90 Å². The molecule has 0 bridgehead atoms. The predicted octanol–water partition coefficient (Wildman–Crippen LogP) is 3.26. The highest BCUT2D eigenvalue weighted by Crippen LogP contribution is 2.43. The molecule has 1 amide bonds. The van der Waals surface area contributed by atoms with Crippen molar-refractivity contribution in [1.29, 1.82) is 0 Å². The van der Waals surface area contributed by atoms with E-state index in [1.54, 1.807) is 4.90 Å². The van der Waals surface area contributed by atoms with Crippen LogP contribution in [0.25, 0.3) is 0 Å².